The highest BCUT2D eigenvalue weighted by Gasteiger charge is 2.66. The Kier molecular flexibility index (Phi) is 5.70. The largest absolute Gasteiger partial charge is 0.434 e. The lowest BCUT2D eigenvalue weighted by Crippen LogP contribution is -2.59. The maximum absolute atomic E-state index is 11.4. The summed E-state index contributed by atoms with van der Waals surface area (Å²) in [6, 6.07) is 0. The lowest BCUT2D eigenvalue weighted by atomic mass is 9.89. The van der Waals surface area contributed by atoms with Crippen molar-refractivity contribution in [2.75, 3.05) is 6.61 Å². The van der Waals surface area contributed by atoms with E-state index in [0.29, 0.717) is 6.42 Å². The van der Waals surface area contributed by atoms with Gasteiger partial charge in [-0.3, -0.25) is 4.84 Å². The predicted octanol–water partition coefficient (Wildman–Crippen LogP) is 3.30. The van der Waals surface area contributed by atoms with Crippen molar-refractivity contribution in [1.82, 2.24) is 0 Å². The van der Waals surface area contributed by atoms with E-state index in [-0.39, 0.29) is 5.92 Å². The summed E-state index contributed by atoms with van der Waals surface area (Å²) < 4.78 is 1.38. The molecule has 1 aliphatic carbocycles. The third-order valence-electron chi connectivity index (χ3n) is 2.76. The Hall–Kier alpha value is 0.580. The molecule has 0 heterocycles. The second-order valence-electron chi connectivity index (χ2n) is 4.00. The predicted molar refractivity (Wildman–Crippen MR) is 76.6 cm³/mol. The van der Waals surface area contributed by atoms with Crippen molar-refractivity contribution in [2.45, 2.75) is 27.1 Å². The minimum atomic E-state index is -1.95. The van der Waals surface area contributed by atoms with E-state index < -0.39 is 26.3 Å². The third-order valence-corrected chi connectivity index (χ3v) is 6.11. The second-order valence-corrected chi connectivity index (χ2v) is 7.28. The summed E-state index contributed by atoms with van der Waals surface area (Å²) in [6.07, 6.45) is 3.53. The van der Waals surface area contributed by atoms with Gasteiger partial charge >= 0.3 is 5.97 Å². The summed E-state index contributed by atoms with van der Waals surface area (Å²) >= 11 is 30.8. The highest BCUT2D eigenvalue weighted by Crippen LogP contribution is 2.60. The Morgan fingerprint density at radius 3 is 2.37 bits per heavy atom. The van der Waals surface area contributed by atoms with E-state index >= 15 is 0 Å². The SMILES string of the molecule is CCC1C=CC(Cl)(OC(=O)CON)C(Cl)(Cl)C1(Cl)Cl. The standard InChI is InChI=1S/C10H12Cl5NO3/c1-2-6-3-4-8(11,19-7(17)5-18-16)10(14,15)9(6,12)13/h3-4,6H,2,5,16H2,1H3. The molecule has 0 spiro atoms. The highest BCUT2D eigenvalue weighted by atomic mass is 35.5. The van der Waals surface area contributed by atoms with E-state index in [0.717, 1.165) is 0 Å². The first-order valence-electron chi connectivity index (χ1n) is 5.29. The normalized spacial score (nSPS) is 32.1. The molecule has 0 radical (unpaired) electrons. The molecule has 19 heavy (non-hydrogen) atoms. The smallest absolute Gasteiger partial charge is 0.336 e. The van der Waals surface area contributed by atoms with Crippen LogP contribution in [0, 0.1) is 5.92 Å². The minimum Gasteiger partial charge on any atom is -0.434 e. The van der Waals surface area contributed by atoms with Crippen LogP contribution in [0.5, 0.6) is 0 Å². The molecule has 4 nitrogen and oxygen atoms in total. The number of hydrogen-bond donors (Lipinski definition) is 1. The van der Waals surface area contributed by atoms with Crippen LogP contribution in [0.3, 0.4) is 0 Å². The van der Waals surface area contributed by atoms with E-state index in [9.17, 15) is 4.79 Å². The van der Waals surface area contributed by atoms with Crippen molar-refractivity contribution in [1.29, 1.82) is 0 Å². The van der Waals surface area contributed by atoms with Crippen LogP contribution in [0.2, 0.25) is 0 Å². The second kappa shape index (κ2) is 6.14. The van der Waals surface area contributed by atoms with Gasteiger partial charge in [-0.25, -0.2) is 10.7 Å². The zero-order chi connectivity index (χ0) is 14.9. The number of ether oxygens (including phenoxy) is 1. The number of nitrogens with two attached hydrogens (primary N) is 1. The highest BCUT2D eigenvalue weighted by molar-refractivity contribution is 6.65. The molecule has 2 unspecified atom stereocenters. The number of halogens is 5. The molecule has 0 bridgehead atoms. The van der Waals surface area contributed by atoms with Crippen molar-refractivity contribution < 1.29 is 14.4 Å². The molecular formula is C10H12Cl5NO3. The Morgan fingerprint density at radius 2 is 1.89 bits per heavy atom. The van der Waals surface area contributed by atoms with Crippen molar-refractivity contribution in [2.24, 2.45) is 11.8 Å². The van der Waals surface area contributed by atoms with Gasteiger partial charge in [0, 0.05) is 5.92 Å². The van der Waals surface area contributed by atoms with Crippen LogP contribution in [0.25, 0.3) is 0 Å². The van der Waals surface area contributed by atoms with Crippen LogP contribution in [0.1, 0.15) is 13.3 Å². The maximum atomic E-state index is 11.4. The summed E-state index contributed by atoms with van der Waals surface area (Å²) in [5, 5.41) is -1.92. The number of carbonyl (C=O) groups excluding carboxylic acids is 1. The Labute approximate surface area is 136 Å². The van der Waals surface area contributed by atoms with Gasteiger partial charge in [-0.1, -0.05) is 71.0 Å². The van der Waals surface area contributed by atoms with Crippen molar-refractivity contribution in [3.05, 3.63) is 12.2 Å². The maximum Gasteiger partial charge on any atom is 0.336 e. The minimum absolute atomic E-state index is 0.345. The zero-order valence-corrected chi connectivity index (χ0v) is 13.6. The number of esters is 1. The van der Waals surface area contributed by atoms with Crippen molar-refractivity contribution in [3.63, 3.8) is 0 Å². The Bertz CT molecular complexity index is 387. The monoisotopic (exact) mass is 369 g/mol. The van der Waals surface area contributed by atoms with Gasteiger partial charge in [0.15, 0.2) is 10.9 Å². The fourth-order valence-corrected chi connectivity index (χ4v) is 3.30. The zero-order valence-electron chi connectivity index (χ0n) is 9.84. The molecule has 0 saturated heterocycles. The topological polar surface area (TPSA) is 61.5 Å². The van der Waals surface area contributed by atoms with Gasteiger partial charge in [-0.2, -0.15) is 0 Å². The van der Waals surface area contributed by atoms with Gasteiger partial charge in [0.25, 0.3) is 0 Å². The van der Waals surface area contributed by atoms with Crippen LogP contribution >= 0.6 is 58.0 Å². The van der Waals surface area contributed by atoms with E-state index in [1.165, 1.54) is 6.08 Å². The average molecular weight is 371 g/mol. The molecule has 2 N–H and O–H groups in total. The molecule has 0 aromatic rings. The molecule has 1 aliphatic rings. The average Bonchev–Trinajstić information content (AvgIpc) is 2.27. The molecule has 1 rings (SSSR count). The van der Waals surface area contributed by atoms with Crippen LogP contribution < -0.4 is 5.90 Å². The first-order chi connectivity index (χ1) is 8.62. The van der Waals surface area contributed by atoms with Crippen molar-refractivity contribution >= 4 is 64.0 Å². The third kappa shape index (κ3) is 3.10. The molecule has 0 aliphatic heterocycles. The van der Waals surface area contributed by atoms with E-state index in [2.05, 4.69) is 4.84 Å². The molecule has 9 heteroatoms. The van der Waals surface area contributed by atoms with Gasteiger partial charge in [0.2, 0.25) is 9.39 Å². The van der Waals surface area contributed by atoms with Gasteiger partial charge < -0.3 is 4.74 Å². The fraction of sp³-hybridized carbons (Fsp3) is 0.700. The summed E-state index contributed by atoms with van der Waals surface area (Å²) in [6.45, 7) is 1.34. The van der Waals surface area contributed by atoms with Gasteiger partial charge in [0.05, 0.1) is 0 Å². The van der Waals surface area contributed by atoms with Crippen LogP contribution in [-0.2, 0) is 14.4 Å². The molecule has 0 fully saturated rings. The first-order valence-corrected chi connectivity index (χ1v) is 7.18. The first kappa shape index (κ1) is 17.6. The molecule has 0 amide bonds. The Morgan fingerprint density at radius 1 is 1.32 bits per heavy atom. The van der Waals surface area contributed by atoms with Crippen LogP contribution in [0.4, 0.5) is 0 Å². The molecule has 110 valence electrons. The van der Waals surface area contributed by atoms with Crippen LogP contribution in [0.15, 0.2) is 12.2 Å². The summed E-state index contributed by atoms with van der Waals surface area (Å²) in [4.78, 5) is 15.6. The van der Waals surface area contributed by atoms with E-state index in [1.54, 1.807) is 6.08 Å². The summed E-state index contributed by atoms with van der Waals surface area (Å²) in [7, 11) is 0. The lowest BCUT2D eigenvalue weighted by molar-refractivity contribution is -0.156. The molecule has 0 aromatic heterocycles. The number of rotatable bonds is 4. The van der Waals surface area contributed by atoms with Crippen molar-refractivity contribution in [3.8, 4) is 0 Å². The van der Waals surface area contributed by atoms with E-state index in [1.807, 2.05) is 6.92 Å². The molecular weight excluding hydrogens is 359 g/mol. The molecule has 0 aromatic carbocycles. The summed E-state index contributed by atoms with van der Waals surface area (Å²) in [5.74, 6) is 3.56. The Balaban J connectivity index is 3.11. The number of carbonyl (C=O) groups is 1. The number of hydrogen-bond acceptors (Lipinski definition) is 4. The van der Waals surface area contributed by atoms with Crippen LogP contribution in [-0.4, -0.2) is 26.3 Å². The van der Waals surface area contributed by atoms with E-state index in [4.69, 9.17) is 68.6 Å². The molecule has 2 atom stereocenters. The van der Waals surface area contributed by atoms with Gasteiger partial charge in [-0.05, 0) is 12.5 Å². The number of allylic oxidation sites excluding steroid dienone is 1. The fourth-order valence-electron chi connectivity index (χ4n) is 1.68. The summed E-state index contributed by atoms with van der Waals surface area (Å²) in [5.41, 5.74) is 0. The van der Waals surface area contributed by atoms with Gasteiger partial charge in [0.1, 0.15) is 0 Å². The quantitative estimate of drug-likeness (QED) is 0.356. The molecule has 0 saturated carbocycles. The van der Waals surface area contributed by atoms with Gasteiger partial charge in [-0.15, -0.1) is 0 Å². The lowest BCUT2D eigenvalue weighted by Gasteiger charge is -2.47. The number of alkyl halides is 5.